The molecule has 0 saturated carbocycles. The molecule has 1 aromatic rings. The van der Waals surface area contributed by atoms with Crippen molar-refractivity contribution in [1.29, 1.82) is 0 Å². The molecule has 4 nitrogen and oxygen atoms in total. The minimum Gasteiger partial charge on any atom is -1.00 e. The van der Waals surface area contributed by atoms with E-state index < -0.39 is 0 Å². The molecule has 5 heteroatoms. The molecule has 0 aliphatic carbocycles. The first-order valence-corrected chi connectivity index (χ1v) is 6.79. The van der Waals surface area contributed by atoms with Crippen molar-refractivity contribution in [1.82, 2.24) is 4.57 Å². The molecule has 1 rings (SSSR count). The van der Waals surface area contributed by atoms with Gasteiger partial charge in [-0.3, -0.25) is 4.79 Å². The number of carbonyl (C=O) groups excluding carboxylic acids is 1. The highest BCUT2D eigenvalue weighted by molar-refractivity contribution is 5.69. The molecule has 0 spiro atoms. The fourth-order valence-electron chi connectivity index (χ4n) is 2.23. The highest BCUT2D eigenvalue weighted by Gasteiger charge is 2.19. The Morgan fingerprint density at radius 3 is 2.58 bits per heavy atom. The Hall–Kier alpha value is -0.840. The third-order valence-corrected chi connectivity index (χ3v) is 3.18. The van der Waals surface area contributed by atoms with Crippen LogP contribution in [-0.2, 0) is 29.0 Å². The summed E-state index contributed by atoms with van der Waals surface area (Å²) in [6.45, 7) is 8.55. The lowest BCUT2D eigenvalue weighted by molar-refractivity contribution is -0.702. The number of carbonyl (C=O) groups is 1. The molecule has 110 valence electrons. The van der Waals surface area contributed by atoms with Crippen LogP contribution in [0.25, 0.3) is 0 Å². The Bertz CT molecular complexity index is 402. The van der Waals surface area contributed by atoms with Gasteiger partial charge in [-0.1, -0.05) is 13.8 Å². The average Bonchev–Trinajstić information content (AvgIpc) is 2.65. The van der Waals surface area contributed by atoms with Gasteiger partial charge in [0, 0.05) is 13.3 Å². The van der Waals surface area contributed by atoms with Gasteiger partial charge in [-0.05, 0) is 12.8 Å². The van der Waals surface area contributed by atoms with Crippen molar-refractivity contribution in [2.24, 2.45) is 0 Å². The second-order valence-corrected chi connectivity index (χ2v) is 4.59. The summed E-state index contributed by atoms with van der Waals surface area (Å²) in [4.78, 5) is 11.2. The Morgan fingerprint density at radius 2 is 2.05 bits per heavy atom. The number of hydrogen-bond acceptors (Lipinski definition) is 2. The van der Waals surface area contributed by atoms with Crippen molar-refractivity contribution in [2.75, 3.05) is 7.11 Å². The van der Waals surface area contributed by atoms with E-state index in [1.807, 2.05) is 0 Å². The minimum atomic E-state index is -0.140. The van der Waals surface area contributed by atoms with E-state index in [0.29, 0.717) is 6.42 Å². The quantitative estimate of drug-likeness (QED) is 0.475. The van der Waals surface area contributed by atoms with Gasteiger partial charge in [-0.2, -0.15) is 0 Å². The first kappa shape index (κ1) is 18.2. The van der Waals surface area contributed by atoms with Gasteiger partial charge in [0.25, 0.3) is 5.82 Å². The van der Waals surface area contributed by atoms with E-state index in [4.69, 9.17) is 4.74 Å². The lowest BCUT2D eigenvalue weighted by Gasteiger charge is -2.02. The summed E-state index contributed by atoms with van der Waals surface area (Å²) in [6.07, 6.45) is 5.61. The first-order valence-electron chi connectivity index (χ1n) is 6.79. The molecular weight excluding hydrogens is 308 g/mol. The molecule has 0 atom stereocenters. The zero-order valence-corrected chi connectivity index (χ0v) is 14.0. The number of esters is 1. The van der Waals surface area contributed by atoms with Crippen LogP contribution in [0.15, 0.2) is 6.20 Å². The maximum absolute atomic E-state index is 11.2. The zero-order valence-electron chi connectivity index (χ0n) is 12.4. The van der Waals surface area contributed by atoms with Crippen molar-refractivity contribution in [2.45, 2.75) is 59.5 Å². The number of nitrogens with zero attached hydrogens (tertiary/aromatic N) is 2. The number of aromatic nitrogens is 2. The molecule has 0 N–H and O–H groups in total. The van der Waals surface area contributed by atoms with Gasteiger partial charge in [0.1, 0.15) is 11.9 Å². The fraction of sp³-hybridized carbons (Fsp3) is 0.714. The first-order chi connectivity index (χ1) is 8.63. The van der Waals surface area contributed by atoms with Crippen molar-refractivity contribution in [3.63, 3.8) is 0 Å². The number of aryl methyl sites for hydroxylation is 2. The van der Waals surface area contributed by atoms with Crippen LogP contribution in [0, 0.1) is 6.92 Å². The van der Waals surface area contributed by atoms with Crippen LogP contribution >= 0.6 is 0 Å². The molecule has 0 radical (unpaired) electrons. The zero-order chi connectivity index (χ0) is 13.5. The monoisotopic (exact) mass is 332 g/mol. The molecule has 0 amide bonds. The van der Waals surface area contributed by atoms with Crippen LogP contribution in [-0.4, -0.2) is 17.6 Å². The summed E-state index contributed by atoms with van der Waals surface area (Å²) in [6, 6.07) is 0. The van der Waals surface area contributed by atoms with E-state index in [2.05, 4.69) is 36.1 Å². The van der Waals surface area contributed by atoms with Crippen LogP contribution in [0.5, 0.6) is 0 Å². The number of ether oxygens (including phenoxy) is 1. The molecule has 0 fully saturated rings. The van der Waals surface area contributed by atoms with E-state index in [1.54, 1.807) is 0 Å². The van der Waals surface area contributed by atoms with Crippen LogP contribution in [0.2, 0.25) is 0 Å². The van der Waals surface area contributed by atoms with E-state index in [-0.39, 0.29) is 23.0 Å². The molecular formula is C14H25BrN2O2. The molecule has 0 aromatic carbocycles. The lowest BCUT2D eigenvalue weighted by atomic mass is 10.2. The molecule has 1 aromatic heterocycles. The molecule has 0 bridgehead atoms. The predicted molar refractivity (Wildman–Crippen MR) is 70.3 cm³/mol. The SMILES string of the molecule is CCCn1c(CCC(=O)OC)c[n+](CCC)c1C.[Br-]. The van der Waals surface area contributed by atoms with Gasteiger partial charge in [0.05, 0.1) is 26.6 Å². The number of halogens is 1. The van der Waals surface area contributed by atoms with Gasteiger partial charge >= 0.3 is 5.97 Å². The number of hydrogen-bond donors (Lipinski definition) is 0. The van der Waals surface area contributed by atoms with Crippen LogP contribution in [0.4, 0.5) is 0 Å². The maximum Gasteiger partial charge on any atom is 0.305 e. The minimum absolute atomic E-state index is 0. The third-order valence-electron chi connectivity index (χ3n) is 3.18. The Labute approximate surface area is 126 Å². The summed E-state index contributed by atoms with van der Waals surface area (Å²) >= 11 is 0. The van der Waals surface area contributed by atoms with Crippen molar-refractivity contribution in [3.05, 3.63) is 17.7 Å². The number of methoxy groups -OCH3 is 1. The Kier molecular flexibility index (Phi) is 8.72. The van der Waals surface area contributed by atoms with Crippen molar-refractivity contribution in [3.8, 4) is 0 Å². The number of rotatable bonds is 7. The second-order valence-electron chi connectivity index (χ2n) is 4.59. The van der Waals surface area contributed by atoms with Crippen LogP contribution in [0.1, 0.15) is 44.6 Å². The molecule has 0 aliphatic rings. The van der Waals surface area contributed by atoms with Gasteiger partial charge < -0.3 is 21.7 Å². The smallest absolute Gasteiger partial charge is 0.305 e. The normalized spacial score (nSPS) is 10.1. The summed E-state index contributed by atoms with van der Waals surface area (Å²) in [5.41, 5.74) is 1.23. The van der Waals surface area contributed by atoms with Crippen LogP contribution < -0.4 is 21.5 Å². The van der Waals surface area contributed by atoms with E-state index in [9.17, 15) is 4.79 Å². The third kappa shape index (κ3) is 4.97. The summed E-state index contributed by atoms with van der Waals surface area (Å²) in [5, 5.41) is 0. The Morgan fingerprint density at radius 1 is 1.37 bits per heavy atom. The van der Waals surface area contributed by atoms with E-state index >= 15 is 0 Å². The summed E-state index contributed by atoms with van der Waals surface area (Å²) in [5.74, 6) is 1.14. The van der Waals surface area contributed by atoms with E-state index in [1.165, 1.54) is 18.6 Å². The largest absolute Gasteiger partial charge is 1.00 e. The van der Waals surface area contributed by atoms with Crippen LogP contribution in [0.3, 0.4) is 0 Å². The summed E-state index contributed by atoms with van der Waals surface area (Å²) < 4.78 is 9.30. The maximum atomic E-state index is 11.2. The molecule has 19 heavy (non-hydrogen) atoms. The summed E-state index contributed by atoms with van der Waals surface area (Å²) in [7, 11) is 1.44. The van der Waals surface area contributed by atoms with Gasteiger partial charge in [-0.25, -0.2) is 9.13 Å². The highest BCUT2D eigenvalue weighted by atomic mass is 79.9. The van der Waals surface area contributed by atoms with Crippen molar-refractivity contribution < 1.29 is 31.1 Å². The van der Waals surface area contributed by atoms with Gasteiger partial charge in [0.2, 0.25) is 0 Å². The highest BCUT2D eigenvalue weighted by Crippen LogP contribution is 2.08. The van der Waals surface area contributed by atoms with Crippen molar-refractivity contribution >= 4 is 5.97 Å². The van der Waals surface area contributed by atoms with Gasteiger partial charge in [0.15, 0.2) is 0 Å². The fourth-order valence-corrected chi connectivity index (χ4v) is 2.23. The Balaban J connectivity index is 0.00000324. The molecule has 0 saturated heterocycles. The molecule has 1 heterocycles. The average molecular weight is 333 g/mol. The van der Waals surface area contributed by atoms with Gasteiger partial charge in [-0.15, -0.1) is 0 Å². The number of imidazole rings is 1. The van der Waals surface area contributed by atoms with E-state index in [0.717, 1.165) is 32.4 Å². The molecule has 0 unspecified atom stereocenters. The molecule has 0 aliphatic heterocycles. The second kappa shape index (κ2) is 9.13. The topological polar surface area (TPSA) is 35.1 Å². The predicted octanol–water partition coefficient (Wildman–Crippen LogP) is -0.986. The lowest BCUT2D eigenvalue weighted by Crippen LogP contribution is -3.00. The standard InChI is InChI=1S/C14H25N2O2.BrH/c1-5-9-15-11-13(7-8-14(17)18-4)16(10-6-2)12(15)3;/h11H,5-10H2,1-4H3;1H/q+1;/p-1.